The van der Waals surface area contributed by atoms with Gasteiger partial charge < -0.3 is 9.67 Å². The van der Waals surface area contributed by atoms with Crippen LogP contribution in [0.1, 0.15) is 21.6 Å². The van der Waals surface area contributed by atoms with E-state index >= 15 is 0 Å². The molecule has 2 heterocycles. The van der Waals surface area contributed by atoms with Crippen molar-refractivity contribution >= 4 is 17.7 Å². The molecule has 0 spiro atoms. The smallest absolute Gasteiger partial charge is 0.337 e. The fourth-order valence-electron chi connectivity index (χ4n) is 2.29. The normalized spacial score (nSPS) is 17.4. The Labute approximate surface area is 113 Å². The molecular formula is C13H11NO4S. The van der Waals surface area contributed by atoms with Gasteiger partial charge in [-0.3, -0.25) is 0 Å². The second kappa shape index (κ2) is 4.73. The summed E-state index contributed by atoms with van der Waals surface area (Å²) in [6.07, 6.45) is 0. The first-order chi connectivity index (χ1) is 9.22. The molecule has 0 saturated heterocycles. The Morgan fingerprint density at radius 3 is 2.74 bits per heavy atom. The van der Waals surface area contributed by atoms with Gasteiger partial charge in [0.1, 0.15) is 0 Å². The summed E-state index contributed by atoms with van der Waals surface area (Å²) in [5.74, 6) is -0.374. The van der Waals surface area contributed by atoms with Crippen molar-refractivity contribution in [2.75, 3.05) is 0 Å². The summed E-state index contributed by atoms with van der Waals surface area (Å²) in [7, 11) is 0. The van der Waals surface area contributed by atoms with Crippen LogP contribution in [0.25, 0.3) is 11.3 Å². The second-order valence-electron chi connectivity index (χ2n) is 4.16. The lowest BCUT2D eigenvalue weighted by molar-refractivity contribution is -0.271. The topological polar surface area (TPSA) is 71.7 Å². The van der Waals surface area contributed by atoms with Gasteiger partial charge in [0, 0.05) is 11.4 Å². The number of fused-ring (bicyclic) bond motifs is 1. The van der Waals surface area contributed by atoms with Gasteiger partial charge in [0.15, 0.2) is 0 Å². The van der Waals surface area contributed by atoms with Crippen molar-refractivity contribution in [2.45, 2.75) is 11.3 Å². The molecule has 0 saturated carbocycles. The maximum Gasteiger partial charge on any atom is 0.337 e. The molecule has 0 aliphatic carbocycles. The predicted molar refractivity (Wildman–Crippen MR) is 70.9 cm³/mol. The highest BCUT2D eigenvalue weighted by Crippen LogP contribution is 2.42. The molecule has 5 nitrogen and oxygen atoms in total. The van der Waals surface area contributed by atoms with Gasteiger partial charge in [-0.2, -0.15) is 0 Å². The number of carboxylic acid groups (broad SMARTS) is 1. The van der Waals surface area contributed by atoms with E-state index in [9.17, 15) is 9.90 Å². The number of aromatic nitrogens is 1. The van der Waals surface area contributed by atoms with Gasteiger partial charge in [0.2, 0.25) is 5.56 Å². The molecule has 1 atom stereocenters. The van der Waals surface area contributed by atoms with Crippen molar-refractivity contribution in [1.82, 2.24) is 4.57 Å². The predicted octanol–water partition coefficient (Wildman–Crippen LogP) is 3.05. The fraction of sp³-hybridized carbons (Fsp3) is 0.154. The Balaban J connectivity index is 2.24. The lowest BCUT2D eigenvalue weighted by Crippen LogP contribution is -2.07. The highest BCUT2D eigenvalue weighted by Gasteiger charge is 2.31. The van der Waals surface area contributed by atoms with Crippen LogP contribution in [0.4, 0.5) is 0 Å². The minimum atomic E-state index is -0.984. The Morgan fingerprint density at radius 2 is 2.11 bits per heavy atom. The molecule has 1 aliphatic rings. The zero-order valence-electron chi connectivity index (χ0n) is 9.81. The third-order valence-electron chi connectivity index (χ3n) is 3.07. The second-order valence-corrected chi connectivity index (χ2v) is 5.19. The average molecular weight is 277 g/mol. The van der Waals surface area contributed by atoms with E-state index in [0.717, 1.165) is 11.3 Å². The third-order valence-corrected chi connectivity index (χ3v) is 4.11. The molecular weight excluding hydrogens is 266 g/mol. The van der Waals surface area contributed by atoms with E-state index in [1.807, 2.05) is 30.3 Å². The third kappa shape index (κ3) is 1.94. The van der Waals surface area contributed by atoms with Crippen LogP contribution in [0, 0.1) is 0 Å². The van der Waals surface area contributed by atoms with E-state index < -0.39 is 11.5 Å². The molecule has 0 bridgehead atoms. The maximum absolute atomic E-state index is 11.4. The molecule has 1 aromatic heterocycles. The summed E-state index contributed by atoms with van der Waals surface area (Å²) in [4.78, 5) is 15.8. The van der Waals surface area contributed by atoms with E-state index in [1.54, 1.807) is 10.6 Å². The summed E-state index contributed by atoms with van der Waals surface area (Å²) in [6, 6.07) is 10.9. The van der Waals surface area contributed by atoms with Crippen LogP contribution in [0.15, 0.2) is 36.4 Å². The molecule has 6 heteroatoms. The Kier molecular flexibility index (Phi) is 3.06. The van der Waals surface area contributed by atoms with Crippen LogP contribution >= 0.6 is 11.8 Å². The van der Waals surface area contributed by atoms with Crippen molar-refractivity contribution in [3.8, 4) is 11.3 Å². The Hall–Kier alpha value is -1.76. The van der Waals surface area contributed by atoms with Crippen molar-refractivity contribution in [1.29, 1.82) is 0 Å². The number of thioether (sulfide) groups is 1. The summed E-state index contributed by atoms with van der Waals surface area (Å²) in [5, 5.41) is 18.3. The van der Waals surface area contributed by atoms with Gasteiger partial charge in [-0.25, -0.2) is 14.9 Å². The van der Waals surface area contributed by atoms with Gasteiger partial charge in [0.25, 0.3) is 0 Å². The fourth-order valence-corrected chi connectivity index (χ4v) is 3.28. The number of carbonyl (C=O) groups is 1. The van der Waals surface area contributed by atoms with E-state index in [2.05, 4.69) is 4.89 Å². The molecule has 1 unspecified atom stereocenters. The molecule has 2 aromatic rings. The molecule has 0 amide bonds. The SMILES string of the molecule is O=C(O)c1cc2n(c1-c1ccccc1)C(OO)SC2. The lowest BCUT2D eigenvalue weighted by Gasteiger charge is -2.14. The number of carboxylic acids is 1. The quantitative estimate of drug-likeness (QED) is 0.666. The van der Waals surface area contributed by atoms with Crippen molar-refractivity contribution in [3.63, 3.8) is 0 Å². The summed E-state index contributed by atoms with van der Waals surface area (Å²) in [5.41, 5.74) is 1.81. The van der Waals surface area contributed by atoms with Crippen molar-refractivity contribution < 1.29 is 20.0 Å². The number of rotatable bonds is 3. The van der Waals surface area contributed by atoms with Gasteiger partial charge >= 0.3 is 5.97 Å². The molecule has 2 N–H and O–H groups in total. The van der Waals surface area contributed by atoms with Crippen LogP contribution in [-0.2, 0) is 10.6 Å². The minimum Gasteiger partial charge on any atom is -0.478 e. The minimum absolute atomic E-state index is 0.226. The summed E-state index contributed by atoms with van der Waals surface area (Å²) >= 11 is 1.40. The Bertz CT molecular complexity index is 623. The number of benzene rings is 1. The average Bonchev–Trinajstić information content (AvgIpc) is 2.97. The van der Waals surface area contributed by atoms with Gasteiger partial charge in [-0.15, -0.1) is 0 Å². The molecule has 0 fully saturated rings. The maximum atomic E-state index is 11.4. The van der Waals surface area contributed by atoms with Gasteiger partial charge in [0.05, 0.1) is 11.3 Å². The van der Waals surface area contributed by atoms with Crippen LogP contribution in [0.5, 0.6) is 0 Å². The van der Waals surface area contributed by atoms with E-state index in [-0.39, 0.29) is 5.56 Å². The lowest BCUT2D eigenvalue weighted by atomic mass is 10.1. The number of nitrogens with zero attached hydrogens (tertiary/aromatic N) is 1. The van der Waals surface area contributed by atoms with Gasteiger partial charge in [-0.1, -0.05) is 42.1 Å². The van der Waals surface area contributed by atoms with E-state index in [1.165, 1.54) is 11.8 Å². The van der Waals surface area contributed by atoms with Crippen LogP contribution < -0.4 is 0 Å². The first kappa shape index (κ1) is 12.3. The van der Waals surface area contributed by atoms with Gasteiger partial charge in [-0.05, 0) is 11.6 Å². The first-order valence-corrected chi connectivity index (χ1v) is 6.72. The molecule has 1 aliphatic heterocycles. The van der Waals surface area contributed by atoms with Crippen LogP contribution in [0.3, 0.4) is 0 Å². The highest BCUT2D eigenvalue weighted by molar-refractivity contribution is 7.98. The number of aromatic carboxylic acids is 1. The molecule has 0 radical (unpaired) electrons. The van der Waals surface area contributed by atoms with Crippen LogP contribution in [0.2, 0.25) is 0 Å². The molecule has 3 rings (SSSR count). The first-order valence-electron chi connectivity index (χ1n) is 5.67. The van der Waals surface area contributed by atoms with Crippen molar-refractivity contribution in [3.05, 3.63) is 47.7 Å². The summed E-state index contributed by atoms with van der Waals surface area (Å²) < 4.78 is 1.73. The molecule has 1 aromatic carbocycles. The zero-order valence-corrected chi connectivity index (χ0v) is 10.6. The highest BCUT2D eigenvalue weighted by atomic mass is 32.2. The monoisotopic (exact) mass is 277 g/mol. The largest absolute Gasteiger partial charge is 0.478 e. The van der Waals surface area contributed by atoms with Crippen LogP contribution in [-0.4, -0.2) is 20.9 Å². The number of hydrogen-bond donors (Lipinski definition) is 2. The zero-order chi connectivity index (χ0) is 13.4. The standard InChI is InChI=1S/C13H11NO4S/c15-12(16)10-6-9-7-19-13(18-17)14(9)11(10)8-4-2-1-3-5-8/h1-6,13,17H,7H2,(H,15,16). The molecule has 19 heavy (non-hydrogen) atoms. The van der Waals surface area contributed by atoms with E-state index in [0.29, 0.717) is 11.4 Å². The van der Waals surface area contributed by atoms with Crippen molar-refractivity contribution in [2.24, 2.45) is 0 Å². The molecule has 98 valence electrons. The van der Waals surface area contributed by atoms with E-state index in [4.69, 9.17) is 5.26 Å². The summed E-state index contributed by atoms with van der Waals surface area (Å²) in [6.45, 7) is 0. The Morgan fingerprint density at radius 1 is 1.37 bits per heavy atom. The number of hydrogen-bond acceptors (Lipinski definition) is 4.